The number of benzene rings is 2. The molecule has 6 rings (SSSR count). The summed E-state index contributed by atoms with van der Waals surface area (Å²) in [5, 5.41) is 28.2. The van der Waals surface area contributed by atoms with Gasteiger partial charge in [0, 0.05) is 11.3 Å². The van der Waals surface area contributed by atoms with Crippen molar-refractivity contribution in [1.82, 2.24) is 25.5 Å². The minimum atomic E-state index is -0.238. The van der Waals surface area contributed by atoms with Crippen molar-refractivity contribution in [1.29, 1.82) is 5.26 Å². The van der Waals surface area contributed by atoms with Crippen molar-refractivity contribution in [2.24, 2.45) is 0 Å². The van der Waals surface area contributed by atoms with Gasteiger partial charge in [0.1, 0.15) is 18.2 Å². The Bertz CT molecular complexity index is 1290. The number of tetrazole rings is 1. The summed E-state index contributed by atoms with van der Waals surface area (Å²) in [7, 11) is 0. The number of nitriles is 1. The number of hydrogen-bond donors (Lipinski definition) is 2. The van der Waals surface area contributed by atoms with Crippen molar-refractivity contribution < 1.29 is 18.9 Å². The van der Waals surface area contributed by atoms with Crippen LogP contribution in [0, 0.1) is 11.3 Å². The summed E-state index contributed by atoms with van der Waals surface area (Å²) < 4.78 is 24.8. The Kier molecular flexibility index (Phi) is 5.21. The van der Waals surface area contributed by atoms with Crippen LogP contribution in [-0.2, 0) is 9.47 Å². The van der Waals surface area contributed by atoms with E-state index in [4.69, 9.17) is 36.4 Å². The minimum absolute atomic E-state index is 0.139. The average Bonchev–Trinajstić information content (AvgIpc) is 3.63. The average molecular weight is 478 g/mol. The van der Waals surface area contributed by atoms with E-state index >= 15 is 0 Å². The highest BCUT2D eigenvalue weighted by Gasteiger charge is 2.49. The van der Waals surface area contributed by atoms with Crippen LogP contribution in [-0.4, -0.2) is 63.6 Å². The molecule has 3 aliphatic rings. The molecule has 2 N–H and O–H groups in total. The Morgan fingerprint density at radius 3 is 2.88 bits per heavy atom. The van der Waals surface area contributed by atoms with Crippen LogP contribution in [0.15, 0.2) is 42.5 Å². The van der Waals surface area contributed by atoms with Gasteiger partial charge in [0.05, 0.1) is 30.9 Å². The lowest BCUT2D eigenvalue weighted by atomic mass is 10.1. The molecule has 0 aliphatic carbocycles. The number of anilines is 1. The van der Waals surface area contributed by atoms with Crippen LogP contribution in [0.1, 0.15) is 11.6 Å². The predicted octanol–water partition coefficient (Wildman–Crippen LogP) is 1.63. The van der Waals surface area contributed by atoms with Crippen LogP contribution in [0.2, 0.25) is 0 Å². The molecule has 12 heteroatoms. The van der Waals surface area contributed by atoms with E-state index in [2.05, 4.69) is 32.2 Å². The fourth-order valence-electron chi connectivity index (χ4n) is 4.46. The first kappa shape index (κ1) is 20.8. The van der Waals surface area contributed by atoms with E-state index in [-0.39, 0.29) is 31.1 Å². The Morgan fingerprint density at radius 2 is 1.97 bits per heavy atom. The molecule has 1 aromatic heterocycles. The molecule has 2 fully saturated rings. The Hall–Kier alpha value is -3.79. The zero-order valence-electron chi connectivity index (χ0n) is 17.7. The smallest absolute Gasteiger partial charge is 0.231 e. The van der Waals surface area contributed by atoms with Gasteiger partial charge in [-0.15, -0.1) is 5.10 Å². The molecule has 0 unspecified atom stereocenters. The number of nitrogens with zero attached hydrogens (tertiary/aromatic N) is 5. The quantitative estimate of drug-likeness (QED) is 0.532. The Labute approximate surface area is 199 Å². The fraction of sp³-hybridized carbons (Fsp3) is 0.318. The number of fused-ring (bicyclic) bond motifs is 2. The molecule has 4 atom stereocenters. The third-order valence-electron chi connectivity index (χ3n) is 6.03. The van der Waals surface area contributed by atoms with Crippen LogP contribution in [0.3, 0.4) is 0 Å². The number of ether oxygens (including phenoxy) is 4. The molecule has 2 aromatic carbocycles. The first-order valence-corrected chi connectivity index (χ1v) is 11.1. The van der Waals surface area contributed by atoms with Gasteiger partial charge in [-0.25, -0.2) is 4.68 Å². The summed E-state index contributed by atoms with van der Waals surface area (Å²) in [6.45, 7) is 1.03. The fourth-order valence-corrected chi connectivity index (χ4v) is 4.73. The van der Waals surface area contributed by atoms with Crippen LogP contribution in [0.4, 0.5) is 5.69 Å². The predicted molar refractivity (Wildman–Crippen MR) is 122 cm³/mol. The zero-order valence-corrected chi connectivity index (χ0v) is 18.6. The SMILES string of the molecule is N#Cc1cccc(NC(=S)N[C@H]2CO[C@H]3[C@@H]2OC[C@@H]3n2nnnc2-c2ccc3c(c2)OCO3)c1. The van der Waals surface area contributed by atoms with Crippen molar-refractivity contribution in [2.45, 2.75) is 24.3 Å². The molecule has 172 valence electrons. The first-order valence-electron chi connectivity index (χ1n) is 10.7. The van der Waals surface area contributed by atoms with E-state index in [1.54, 1.807) is 22.9 Å². The van der Waals surface area contributed by atoms with E-state index in [1.165, 1.54) is 0 Å². The van der Waals surface area contributed by atoms with Crippen LogP contribution in [0.25, 0.3) is 11.4 Å². The molecule has 3 aromatic rings. The first-order chi connectivity index (χ1) is 16.7. The molecular formula is C22H19N7O4S. The molecular weight excluding hydrogens is 458 g/mol. The maximum Gasteiger partial charge on any atom is 0.231 e. The summed E-state index contributed by atoms with van der Waals surface area (Å²) in [6.07, 6.45) is -0.456. The van der Waals surface area contributed by atoms with Gasteiger partial charge < -0.3 is 29.6 Å². The van der Waals surface area contributed by atoms with E-state index in [1.807, 2.05) is 24.3 Å². The van der Waals surface area contributed by atoms with Gasteiger partial charge in [-0.2, -0.15) is 5.26 Å². The molecule has 11 nitrogen and oxygen atoms in total. The Balaban J connectivity index is 1.15. The van der Waals surface area contributed by atoms with Crippen LogP contribution < -0.4 is 20.1 Å². The number of hydrogen-bond acceptors (Lipinski definition) is 9. The maximum absolute atomic E-state index is 9.08. The van der Waals surface area contributed by atoms with Gasteiger partial charge in [0.15, 0.2) is 22.4 Å². The maximum atomic E-state index is 9.08. The molecule has 0 spiro atoms. The lowest BCUT2D eigenvalue weighted by Gasteiger charge is -2.20. The van der Waals surface area contributed by atoms with Crippen molar-refractivity contribution in [3.05, 3.63) is 48.0 Å². The Morgan fingerprint density at radius 1 is 1.09 bits per heavy atom. The standard InChI is InChI=1S/C22H19N7O4S/c23-8-12-2-1-3-14(6-12)24-22(34)25-15-9-30-20-16(10-31-19(15)20)29-21(26-27-28-29)13-4-5-17-18(7-13)33-11-32-17/h1-7,15-16,19-20H,9-11H2,(H2,24,25,34)/t15-,16-,19+,20+/m0/s1. The van der Waals surface area contributed by atoms with Gasteiger partial charge >= 0.3 is 0 Å². The van der Waals surface area contributed by atoms with Crippen molar-refractivity contribution in [3.63, 3.8) is 0 Å². The largest absolute Gasteiger partial charge is 0.454 e. The lowest BCUT2D eigenvalue weighted by Crippen LogP contribution is -2.45. The second-order valence-electron chi connectivity index (χ2n) is 8.08. The second-order valence-corrected chi connectivity index (χ2v) is 8.48. The highest BCUT2D eigenvalue weighted by Crippen LogP contribution is 2.38. The van der Waals surface area contributed by atoms with E-state index in [9.17, 15) is 0 Å². The topological polar surface area (TPSA) is 128 Å². The van der Waals surface area contributed by atoms with E-state index in [0.29, 0.717) is 41.2 Å². The summed E-state index contributed by atoms with van der Waals surface area (Å²) in [6, 6.07) is 14.5. The summed E-state index contributed by atoms with van der Waals surface area (Å²) in [5.74, 6) is 1.96. The van der Waals surface area contributed by atoms with Gasteiger partial charge in [0.25, 0.3) is 0 Å². The number of thiocarbonyl (C=S) groups is 1. The van der Waals surface area contributed by atoms with E-state index < -0.39 is 0 Å². The van der Waals surface area contributed by atoms with Crippen LogP contribution >= 0.6 is 12.2 Å². The molecule has 0 radical (unpaired) electrons. The molecule has 0 amide bonds. The minimum Gasteiger partial charge on any atom is -0.454 e. The highest BCUT2D eigenvalue weighted by atomic mass is 32.1. The summed E-state index contributed by atoms with van der Waals surface area (Å²) in [4.78, 5) is 0. The molecule has 2 saturated heterocycles. The number of rotatable bonds is 4. The van der Waals surface area contributed by atoms with Gasteiger partial charge in [-0.3, -0.25) is 0 Å². The summed E-state index contributed by atoms with van der Waals surface area (Å²) in [5.41, 5.74) is 2.10. The third-order valence-corrected chi connectivity index (χ3v) is 6.25. The third kappa shape index (κ3) is 3.69. The van der Waals surface area contributed by atoms with Crippen LogP contribution in [0.5, 0.6) is 11.5 Å². The van der Waals surface area contributed by atoms with Gasteiger partial charge in [-0.1, -0.05) is 6.07 Å². The normalized spacial score (nSPS) is 24.4. The van der Waals surface area contributed by atoms with Gasteiger partial charge in [0.2, 0.25) is 6.79 Å². The van der Waals surface area contributed by atoms with Gasteiger partial charge in [-0.05, 0) is 59.0 Å². The monoisotopic (exact) mass is 477 g/mol. The number of aromatic nitrogens is 4. The zero-order chi connectivity index (χ0) is 23.1. The lowest BCUT2D eigenvalue weighted by molar-refractivity contribution is 0.0626. The number of nitrogens with one attached hydrogen (secondary N) is 2. The molecule has 34 heavy (non-hydrogen) atoms. The molecule has 0 bridgehead atoms. The molecule has 4 heterocycles. The highest BCUT2D eigenvalue weighted by molar-refractivity contribution is 7.80. The second kappa shape index (κ2) is 8.53. The molecule has 3 aliphatic heterocycles. The van der Waals surface area contributed by atoms with Crippen molar-refractivity contribution in [2.75, 3.05) is 25.3 Å². The molecule has 0 saturated carbocycles. The van der Waals surface area contributed by atoms with Crippen molar-refractivity contribution in [3.8, 4) is 29.0 Å². The summed E-state index contributed by atoms with van der Waals surface area (Å²) >= 11 is 5.47. The van der Waals surface area contributed by atoms with Crippen molar-refractivity contribution >= 4 is 23.0 Å². The van der Waals surface area contributed by atoms with E-state index in [0.717, 1.165) is 11.3 Å².